The van der Waals surface area contributed by atoms with E-state index < -0.39 is 24.8 Å². The third-order valence-corrected chi connectivity index (χ3v) is 3.23. The zero-order valence-electron chi connectivity index (χ0n) is 12.1. The number of carbonyl (C=O) groups excluding carboxylic acids is 1. The smallest absolute Gasteiger partial charge is 0.407 e. The van der Waals surface area contributed by atoms with Crippen molar-refractivity contribution in [3.8, 4) is 0 Å². The first-order valence-electron chi connectivity index (χ1n) is 7.02. The van der Waals surface area contributed by atoms with Gasteiger partial charge in [0.15, 0.2) is 0 Å². The minimum Gasteiger partial charge on any atom is -0.445 e. The van der Waals surface area contributed by atoms with Crippen molar-refractivity contribution in [2.24, 2.45) is 0 Å². The second-order valence-corrected chi connectivity index (χ2v) is 4.85. The molecule has 0 aliphatic carbocycles. The number of aliphatic hydroxyl groups is 2. The van der Waals surface area contributed by atoms with E-state index in [1.165, 1.54) is 0 Å². The van der Waals surface area contributed by atoms with Crippen LogP contribution in [0.4, 0.5) is 4.79 Å². The van der Waals surface area contributed by atoms with Gasteiger partial charge in [-0.05, 0) is 11.1 Å². The fourth-order valence-corrected chi connectivity index (χ4v) is 2.02. The molecule has 0 spiro atoms. The lowest BCUT2D eigenvalue weighted by molar-refractivity contribution is 0.0763. The van der Waals surface area contributed by atoms with Crippen LogP contribution >= 0.6 is 0 Å². The van der Waals surface area contributed by atoms with Gasteiger partial charge in [0, 0.05) is 0 Å². The number of alkyl carbamates (subject to hydrolysis) is 1. The molecular formula is C17H19NO4. The van der Waals surface area contributed by atoms with Crippen LogP contribution in [0.5, 0.6) is 0 Å². The van der Waals surface area contributed by atoms with Crippen molar-refractivity contribution in [1.29, 1.82) is 0 Å². The first-order valence-corrected chi connectivity index (χ1v) is 7.02. The van der Waals surface area contributed by atoms with Gasteiger partial charge < -0.3 is 20.3 Å². The molecule has 0 aliphatic rings. The number of nitrogens with one attached hydrogen (secondary N) is 1. The average Bonchev–Trinajstić information content (AvgIpc) is 2.59. The molecule has 5 heteroatoms. The van der Waals surface area contributed by atoms with Gasteiger partial charge in [-0.15, -0.1) is 0 Å². The Hall–Kier alpha value is -2.37. The number of carbonyl (C=O) groups is 1. The Bertz CT molecular complexity index is 574. The maximum atomic E-state index is 11.8. The van der Waals surface area contributed by atoms with Gasteiger partial charge in [0.2, 0.25) is 0 Å². The van der Waals surface area contributed by atoms with Gasteiger partial charge in [-0.25, -0.2) is 4.79 Å². The van der Waals surface area contributed by atoms with Gasteiger partial charge in [0.05, 0.1) is 12.6 Å². The van der Waals surface area contributed by atoms with E-state index in [0.717, 1.165) is 5.56 Å². The van der Waals surface area contributed by atoms with Gasteiger partial charge in [0.25, 0.3) is 0 Å². The molecule has 2 rings (SSSR count). The highest BCUT2D eigenvalue weighted by Crippen LogP contribution is 2.16. The number of rotatable bonds is 6. The maximum absolute atomic E-state index is 11.8. The van der Waals surface area contributed by atoms with E-state index in [2.05, 4.69) is 5.32 Å². The van der Waals surface area contributed by atoms with E-state index >= 15 is 0 Å². The SMILES string of the molecule is O=C(N[C@H](CO)[C@@H](O)c1ccccc1)OCc1ccccc1. The predicted molar refractivity (Wildman–Crippen MR) is 82.0 cm³/mol. The van der Waals surface area contributed by atoms with Crippen LogP contribution < -0.4 is 5.32 Å². The minimum atomic E-state index is -1.00. The Morgan fingerprint density at radius 1 is 1.05 bits per heavy atom. The average molecular weight is 301 g/mol. The van der Waals surface area contributed by atoms with E-state index in [1.54, 1.807) is 24.3 Å². The first-order chi connectivity index (χ1) is 10.7. The molecule has 0 heterocycles. The number of ether oxygens (including phenoxy) is 1. The second kappa shape index (κ2) is 8.17. The fourth-order valence-electron chi connectivity index (χ4n) is 2.02. The number of aliphatic hydroxyl groups excluding tert-OH is 2. The molecule has 0 unspecified atom stereocenters. The summed E-state index contributed by atoms with van der Waals surface area (Å²) in [6.07, 6.45) is -1.69. The van der Waals surface area contributed by atoms with Crippen LogP contribution in [0, 0.1) is 0 Å². The fraction of sp³-hybridized carbons (Fsp3) is 0.235. The van der Waals surface area contributed by atoms with Crippen LogP contribution in [0.25, 0.3) is 0 Å². The summed E-state index contributed by atoms with van der Waals surface area (Å²) in [6.45, 7) is -0.261. The van der Waals surface area contributed by atoms with Crippen molar-refractivity contribution >= 4 is 6.09 Å². The van der Waals surface area contributed by atoms with Crippen LogP contribution in [0.1, 0.15) is 17.2 Å². The molecule has 1 amide bonds. The quantitative estimate of drug-likeness (QED) is 0.762. The van der Waals surface area contributed by atoms with E-state index in [1.807, 2.05) is 36.4 Å². The number of benzene rings is 2. The molecule has 0 aliphatic heterocycles. The molecule has 0 aromatic heterocycles. The van der Waals surface area contributed by atoms with Crippen LogP contribution in [-0.4, -0.2) is 29.0 Å². The molecule has 5 nitrogen and oxygen atoms in total. The largest absolute Gasteiger partial charge is 0.445 e. The minimum absolute atomic E-state index is 0.131. The molecule has 0 fully saturated rings. The summed E-state index contributed by atoms with van der Waals surface area (Å²) in [5.41, 5.74) is 1.48. The van der Waals surface area contributed by atoms with Crippen molar-refractivity contribution in [3.63, 3.8) is 0 Å². The summed E-state index contributed by atoms with van der Waals surface area (Å²) >= 11 is 0. The van der Waals surface area contributed by atoms with Crippen molar-refractivity contribution in [3.05, 3.63) is 71.8 Å². The second-order valence-electron chi connectivity index (χ2n) is 4.85. The van der Waals surface area contributed by atoms with Crippen molar-refractivity contribution in [2.45, 2.75) is 18.8 Å². The highest BCUT2D eigenvalue weighted by atomic mass is 16.5. The van der Waals surface area contributed by atoms with E-state index in [4.69, 9.17) is 4.74 Å². The number of hydrogen-bond donors (Lipinski definition) is 3. The standard InChI is InChI=1S/C17H19NO4/c19-11-15(16(20)14-9-5-2-6-10-14)18-17(21)22-12-13-7-3-1-4-8-13/h1-10,15-16,19-20H,11-12H2,(H,18,21)/t15-,16+/m1/s1. The molecule has 0 saturated carbocycles. The molecule has 22 heavy (non-hydrogen) atoms. The maximum Gasteiger partial charge on any atom is 0.407 e. The normalized spacial score (nSPS) is 13.2. The summed E-state index contributed by atoms with van der Waals surface area (Å²) in [6, 6.07) is 17.3. The summed E-state index contributed by atoms with van der Waals surface area (Å²) in [5, 5.41) is 22.0. The molecule has 0 bridgehead atoms. The van der Waals surface area contributed by atoms with E-state index in [-0.39, 0.29) is 6.61 Å². The highest BCUT2D eigenvalue weighted by Gasteiger charge is 2.22. The van der Waals surface area contributed by atoms with Gasteiger partial charge in [-0.3, -0.25) is 0 Å². The Kier molecular flexibility index (Phi) is 5.94. The van der Waals surface area contributed by atoms with E-state index in [0.29, 0.717) is 5.56 Å². The zero-order valence-corrected chi connectivity index (χ0v) is 12.1. The molecule has 3 N–H and O–H groups in total. The molecule has 116 valence electrons. The van der Waals surface area contributed by atoms with E-state index in [9.17, 15) is 15.0 Å². The van der Waals surface area contributed by atoms with Crippen molar-refractivity contribution < 1.29 is 19.7 Å². The number of hydrogen-bond acceptors (Lipinski definition) is 4. The molecule has 0 saturated heterocycles. The van der Waals surface area contributed by atoms with Crippen LogP contribution in [0.3, 0.4) is 0 Å². The molecule has 2 aromatic carbocycles. The Labute approximate surface area is 129 Å². The van der Waals surface area contributed by atoms with Crippen molar-refractivity contribution in [1.82, 2.24) is 5.32 Å². The highest BCUT2D eigenvalue weighted by molar-refractivity contribution is 5.67. The molecule has 0 radical (unpaired) electrons. The zero-order chi connectivity index (χ0) is 15.8. The molecule has 2 aromatic rings. The van der Waals surface area contributed by atoms with Crippen LogP contribution in [-0.2, 0) is 11.3 Å². The van der Waals surface area contributed by atoms with Gasteiger partial charge in [-0.2, -0.15) is 0 Å². The van der Waals surface area contributed by atoms with Crippen molar-refractivity contribution in [2.75, 3.05) is 6.61 Å². The first kappa shape index (κ1) is 16.0. The van der Waals surface area contributed by atoms with Crippen LogP contribution in [0.15, 0.2) is 60.7 Å². The predicted octanol–water partition coefficient (Wildman–Crippen LogP) is 2.01. The van der Waals surface area contributed by atoms with Crippen LogP contribution in [0.2, 0.25) is 0 Å². The molecular weight excluding hydrogens is 282 g/mol. The Morgan fingerprint density at radius 2 is 1.64 bits per heavy atom. The third-order valence-electron chi connectivity index (χ3n) is 3.23. The van der Waals surface area contributed by atoms with Gasteiger partial charge in [0.1, 0.15) is 12.7 Å². The van der Waals surface area contributed by atoms with Gasteiger partial charge >= 0.3 is 6.09 Å². The molecule has 2 atom stereocenters. The lowest BCUT2D eigenvalue weighted by Crippen LogP contribution is -2.42. The lowest BCUT2D eigenvalue weighted by atomic mass is 10.0. The number of amides is 1. The van der Waals surface area contributed by atoms with Gasteiger partial charge in [-0.1, -0.05) is 60.7 Å². The summed E-state index contributed by atoms with van der Waals surface area (Å²) in [4.78, 5) is 11.8. The Balaban J connectivity index is 1.88. The lowest BCUT2D eigenvalue weighted by Gasteiger charge is -2.22. The Morgan fingerprint density at radius 3 is 2.23 bits per heavy atom. The monoisotopic (exact) mass is 301 g/mol. The summed E-state index contributed by atoms with van der Waals surface area (Å²) in [7, 11) is 0. The topological polar surface area (TPSA) is 78.8 Å². The summed E-state index contributed by atoms with van der Waals surface area (Å²) < 4.78 is 5.07. The third kappa shape index (κ3) is 4.58. The summed E-state index contributed by atoms with van der Waals surface area (Å²) in [5.74, 6) is 0.